The highest BCUT2D eigenvalue weighted by molar-refractivity contribution is 7.91. The predicted octanol–water partition coefficient (Wildman–Crippen LogP) is 1.79. The van der Waals surface area contributed by atoms with E-state index in [0.717, 1.165) is 5.56 Å². The molecule has 1 N–H and O–H groups in total. The fraction of sp³-hybridized carbons (Fsp3) is 0.571. The molecule has 0 fully saturated rings. The summed E-state index contributed by atoms with van der Waals surface area (Å²) >= 11 is 0. The van der Waals surface area contributed by atoms with Crippen LogP contribution in [0.1, 0.15) is 25.5 Å². The van der Waals surface area contributed by atoms with Gasteiger partial charge in [-0.15, -0.1) is 0 Å². The summed E-state index contributed by atoms with van der Waals surface area (Å²) in [5.74, 6) is 1.29. The van der Waals surface area contributed by atoms with Gasteiger partial charge in [0.15, 0.2) is 9.84 Å². The van der Waals surface area contributed by atoms with Crippen molar-refractivity contribution in [1.82, 2.24) is 5.32 Å². The Morgan fingerprint density at radius 1 is 1.25 bits per heavy atom. The average Bonchev–Trinajstić information content (AvgIpc) is 2.42. The fourth-order valence-electron chi connectivity index (χ4n) is 2.07. The van der Waals surface area contributed by atoms with Crippen LogP contribution in [0.5, 0.6) is 11.5 Å². The van der Waals surface area contributed by atoms with E-state index in [1.807, 2.05) is 13.0 Å². The minimum atomic E-state index is -3.16. The number of methoxy groups -OCH3 is 2. The highest BCUT2D eigenvalue weighted by Gasteiger charge is 2.29. The number of hydrogen-bond donors (Lipinski definition) is 1. The molecule has 0 heterocycles. The number of benzene rings is 1. The van der Waals surface area contributed by atoms with E-state index in [0.29, 0.717) is 18.0 Å². The molecular formula is C14H23NO4S. The lowest BCUT2D eigenvalue weighted by Gasteiger charge is -2.25. The van der Waals surface area contributed by atoms with E-state index in [9.17, 15) is 8.42 Å². The minimum Gasteiger partial charge on any atom is -0.497 e. The van der Waals surface area contributed by atoms with Crippen molar-refractivity contribution in [3.05, 3.63) is 23.8 Å². The maximum Gasteiger partial charge on any atom is 0.151 e. The van der Waals surface area contributed by atoms with Gasteiger partial charge in [-0.3, -0.25) is 0 Å². The first-order chi connectivity index (χ1) is 9.35. The van der Waals surface area contributed by atoms with Crippen LogP contribution >= 0.6 is 0 Å². The molecule has 2 atom stereocenters. The average molecular weight is 301 g/mol. The van der Waals surface area contributed by atoms with Gasteiger partial charge in [0.25, 0.3) is 0 Å². The van der Waals surface area contributed by atoms with Crippen molar-refractivity contribution in [1.29, 1.82) is 0 Å². The van der Waals surface area contributed by atoms with Crippen LogP contribution in [-0.2, 0) is 9.84 Å². The molecule has 0 saturated heterocycles. The zero-order chi connectivity index (χ0) is 15.3. The van der Waals surface area contributed by atoms with Crippen LogP contribution in [0.4, 0.5) is 0 Å². The maximum absolute atomic E-state index is 11.8. The molecule has 0 radical (unpaired) electrons. The molecule has 0 aromatic heterocycles. The van der Waals surface area contributed by atoms with Gasteiger partial charge in [0, 0.05) is 17.9 Å². The Kier molecular flexibility index (Phi) is 5.83. The third-order valence-corrected chi connectivity index (χ3v) is 4.97. The van der Waals surface area contributed by atoms with Crippen LogP contribution in [0.3, 0.4) is 0 Å². The number of rotatable bonds is 7. The van der Waals surface area contributed by atoms with E-state index in [4.69, 9.17) is 9.47 Å². The molecule has 114 valence electrons. The smallest absolute Gasteiger partial charge is 0.151 e. The Balaban J connectivity index is 3.27. The van der Waals surface area contributed by atoms with Crippen molar-refractivity contribution in [2.24, 2.45) is 0 Å². The SMILES string of the molecule is CCNC(c1ccc(OC)cc1OC)C(C)S(C)(=O)=O. The lowest BCUT2D eigenvalue weighted by molar-refractivity contribution is 0.383. The van der Waals surface area contributed by atoms with Crippen molar-refractivity contribution in [2.45, 2.75) is 25.1 Å². The van der Waals surface area contributed by atoms with Crippen LogP contribution in [0.25, 0.3) is 0 Å². The summed E-state index contributed by atoms with van der Waals surface area (Å²) < 4.78 is 34.2. The molecule has 20 heavy (non-hydrogen) atoms. The number of ether oxygens (including phenoxy) is 2. The third-order valence-electron chi connectivity index (χ3n) is 3.34. The maximum atomic E-state index is 11.8. The second kappa shape index (κ2) is 6.95. The molecule has 6 heteroatoms. The minimum absolute atomic E-state index is 0.323. The van der Waals surface area contributed by atoms with Crippen molar-refractivity contribution >= 4 is 9.84 Å². The van der Waals surface area contributed by atoms with Gasteiger partial charge >= 0.3 is 0 Å². The first-order valence-electron chi connectivity index (χ1n) is 6.49. The summed E-state index contributed by atoms with van der Waals surface area (Å²) in [5, 5.41) is 2.67. The number of sulfone groups is 1. The Bertz CT molecular complexity index is 542. The largest absolute Gasteiger partial charge is 0.497 e. The topological polar surface area (TPSA) is 64.6 Å². The van der Waals surface area contributed by atoms with Crippen LogP contribution in [0.15, 0.2) is 18.2 Å². The highest BCUT2D eigenvalue weighted by Crippen LogP contribution is 2.32. The fourth-order valence-corrected chi connectivity index (χ4v) is 2.81. The standard InChI is InChI=1S/C14H23NO4S/c1-6-15-14(10(2)20(5,16)17)12-8-7-11(18-3)9-13(12)19-4/h7-10,14-15H,6H2,1-5H3. The molecule has 5 nitrogen and oxygen atoms in total. The molecule has 0 aliphatic carbocycles. The zero-order valence-electron chi connectivity index (χ0n) is 12.6. The predicted molar refractivity (Wildman–Crippen MR) is 80.3 cm³/mol. The second-order valence-corrected chi connectivity index (χ2v) is 7.08. The van der Waals surface area contributed by atoms with Gasteiger partial charge in [-0.05, 0) is 19.5 Å². The normalized spacial score (nSPS) is 14.7. The van der Waals surface area contributed by atoms with Gasteiger partial charge in [-0.1, -0.05) is 13.0 Å². The van der Waals surface area contributed by atoms with E-state index >= 15 is 0 Å². The Morgan fingerprint density at radius 3 is 2.35 bits per heavy atom. The van der Waals surface area contributed by atoms with Gasteiger partial charge in [-0.2, -0.15) is 0 Å². The molecule has 0 aliphatic rings. The van der Waals surface area contributed by atoms with Gasteiger partial charge in [-0.25, -0.2) is 8.42 Å². The molecule has 0 aliphatic heterocycles. The van der Waals surface area contributed by atoms with Gasteiger partial charge in [0.2, 0.25) is 0 Å². The van der Waals surface area contributed by atoms with Crippen LogP contribution in [0, 0.1) is 0 Å². The molecule has 0 spiro atoms. The summed E-state index contributed by atoms with van der Waals surface area (Å²) in [4.78, 5) is 0. The highest BCUT2D eigenvalue weighted by atomic mass is 32.2. The van der Waals surface area contributed by atoms with Crippen LogP contribution in [0.2, 0.25) is 0 Å². The van der Waals surface area contributed by atoms with Crippen molar-refractivity contribution in [3.63, 3.8) is 0 Å². The molecule has 2 unspecified atom stereocenters. The third kappa shape index (κ3) is 3.86. The van der Waals surface area contributed by atoms with Gasteiger partial charge < -0.3 is 14.8 Å². The molecule has 0 bridgehead atoms. The van der Waals surface area contributed by atoms with E-state index in [2.05, 4.69) is 5.32 Å². The quantitative estimate of drug-likeness (QED) is 0.832. The van der Waals surface area contributed by atoms with E-state index < -0.39 is 15.1 Å². The summed E-state index contributed by atoms with van der Waals surface area (Å²) in [7, 11) is -0.0217. The second-order valence-electron chi connectivity index (χ2n) is 4.68. The molecule has 1 aromatic carbocycles. The molecule has 0 saturated carbocycles. The van der Waals surface area contributed by atoms with Crippen molar-refractivity contribution in [3.8, 4) is 11.5 Å². The molecule has 1 aromatic rings. The Hall–Kier alpha value is -1.27. The van der Waals surface area contributed by atoms with E-state index in [1.54, 1.807) is 33.3 Å². The Labute approximate surface area is 121 Å². The lowest BCUT2D eigenvalue weighted by atomic mass is 10.0. The lowest BCUT2D eigenvalue weighted by Crippen LogP contribution is -2.35. The molecule has 1 rings (SSSR count). The van der Waals surface area contributed by atoms with E-state index in [1.165, 1.54) is 6.26 Å². The molecular weight excluding hydrogens is 278 g/mol. The summed E-state index contributed by atoms with van der Waals surface area (Å²) in [6, 6.07) is 5.08. The Morgan fingerprint density at radius 2 is 1.90 bits per heavy atom. The zero-order valence-corrected chi connectivity index (χ0v) is 13.5. The van der Waals surface area contributed by atoms with Crippen LogP contribution in [-0.4, -0.2) is 40.7 Å². The summed E-state index contributed by atoms with van der Waals surface area (Å²) in [5.41, 5.74) is 0.813. The first kappa shape index (κ1) is 16.8. The number of hydrogen-bond acceptors (Lipinski definition) is 5. The van der Waals surface area contributed by atoms with Gasteiger partial charge in [0.05, 0.1) is 25.5 Å². The molecule has 0 amide bonds. The van der Waals surface area contributed by atoms with Crippen LogP contribution < -0.4 is 14.8 Å². The van der Waals surface area contributed by atoms with E-state index in [-0.39, 0.29) is 6.04 Å². The first-order valence-corrected chi connectivity index (χ1v) is 8.44. The summed E-state index contributed by atoms with van der Waals surface area (Å²) in [6.45, 7) is 4.31. The van der Waals surface area contributed by atoms with Gasteiger partial charge in [0.1, 0.15) is 11.5 Å². The number of nitrogens with one attached hydrogen (secondary N) is 1. The monoisotopic (exact) mass is 301 g/mol. The van der Waals surface area contributed by atoms with Crippen molar-refractivity contribution < 1.29 is 17.9 Å². The summed E-state index contributed by atoms with van der Waals surface area (Å²) in [6.07, 6.45) is 1.25. The van der Waals surface area contributed by atoms with Crippen molar-refractivity contribution in [2.75, 3.05) is 27.0 Å².